The van der Waals surface area contributed by atoms with Crippen LogP contribution in [0.5, 0.6) is 5.75 Å². The van der Waals surface area contributed by atoms with E-state index in [1.165, 1.54) is 6.08 Å². The molecule has 0 bridgehead atoms. The van der Waals surface area contributed by atoms with Gasteiger partial charge in [0.1, 0.15) is 12.4 Å². The fraction of sp³-hybridized carbons (Fsp3) is 0.250. The van der Waals surface area contributed by atoms with E-state index in [0.717, 1.165) is 6.08 Å². The molecule has 0 fully saturated rings. The van der Waals surface area contributed by atoms with Gasteiger partial charge in [0, 0.05) is 11.6 Å². The summed E-state index contributed by atoms with van der Waals surface area (Å²) < 4.78 is 45.5. The van der Waals surface area contributed by atoms with Gasteiger partial charge in [-0.3, -0.25) is 0 Å². The van der Waals surface area contributed by atoms with Gasteiger partial charge in [-0.15, -0.1) is 0 Å². The molecule has 110 valence electrons. The second-order valence-electron chi connectivity index (χ2n) is 3.56. The zero-order valence-corrected chi connectivity index (χ0v) is 11.6. The average Bonchev–Trinajstić information content (AvgIpc) is 2.32. The molecular formula is C12H10BrF3O4. The first kappa shape index (κ1) is 16.5. The fourth-order valence-corrected chi connectivity index (χ4v) is 1.72. The normalized spacial score (nSPS) is 11.8. The average molecular weight is 355 g/mol. The lowest BCUT2D eigenvalue weighted by Crippen LogP contribution is -2.19. The number of carbonyl (C=O) groups is 1. The Balaban J connectivity index is 2.71. The molecule has 4 nitrogen and oxygen atoms in total. The maximum atomic E-state index is 11.9. The highest BCUT2D eigenvalue weighted by molar-refractivity contribution is 9.10. The van der Waals surface area contributed by atoms with Crippen LogP contribution in [0.2, 0.25) is 0 Å². The van der Waals surface area contributed by atoms with Gasteiger partial charge in [0.05, 0.1) is 4.47 Å². The van der Waals surface area contributed by atoms with E-state index in [9.17, 15) is 18.0 Å². The molecule has 0 saturated heterocycles. The van der Waals surface area contributed by atoms with Gasteiger partial charge < -0.3 is 14.6 Å². The van der Waals surface area contributed by atoms with E-state index < -0.39 is 25.5 Å². The van der Waals surface area contributed by atoms with Crippen LogP contribution in [0.3, 0.4) is 0 Å². The monoisotopic (exact) mass is 354 g/mol. The van der Waals surface area contributed by atoms with Gasteiger partial charge in [-0.25, -0.2) is 4.79 Å². The molecule has 0 aliphatic heterocycles. The van der Waals surface area contributed by atoms with Crippen LogP contribution >= 0.6 is 15.9 Å². The Kier molecular flexibility index (Phi) is 6.03. The molecule has 0 saturated carbocycles. The first-order chi connectivity index (χ1) is 9.29. The molecule has 1 aromatic rings. The van der Waals surface area contributed by atoms with Crippen LogP contribution in [-0.4, -0.2) is 30.7 Å². The minimum atomic E-state index is -4.43. The van der Waals surface area contributed by atoms with Crippen LogP contribution in [-0.2, 0) is 9.53 Å². The Morgan fingerprint density at radius 1 is 1.40 bits per heavy atom. The summed E-state index contributed by atoms with van der Waals surface area (Å²) in [5.74, 6) is -0.948. The number of aliphatic carboxylic acids is 1. The smallest absolute Gasteiger partial charge is 0.411 e. The van der Waals surface area contributed by atoms with Crippen molar-refractivity contribution in [2.75, 3.05) is 13.4 Å². The summed E-state index contributed by atoms with van der Waals surface area (Å²) in [5.41, 5.74) is 0.400. The third-order valence-electron chi connectivity index (χ3n) is 1.96. The molecular weight excluding hydrogens is 345 g/mol. The van der Waals surface area contributed by atoms with E-state index in [1.54, 1.807) is 18.2 Å². The SMILES string of the molecule is O=C(O)/C=C/c1cccc(Br)c1OCOCC(F)(F)F. The van der Waals surface area contributed by atoms with Crippen molar-refractivity contribution in [3.63, 3.8) is 0 Å². The highest BCUT2D eigenvalue weighted by Crippen LogP contribution is 2.30. The number of hydrogen-bond acceptors (Lipinski definition) is 3. The first-order valence-electron chi connectivity index (χ1n) is 5.26. The second-order valence-corrected chi connectivity index (χ2v) is 4.41. The third-order valence-corrected chi connectivity index (χ3v) is 2.58. The van der Waals surface area contributed by atoms with E-state index in [4.69, 9.17) is 9.84 Å². The number of rotatable bonds is 6. The number of carboxylic acid groups (broad SMARTS) is 1. The Morgan fingerprint density at radius 2 is 2.10 bits per heavy atom. The first-order valence-corrected chi connectivity index (χ1v) is 6.06. The summed E-state index contributed by atoms with van der Waals surface area (Å²) in [6, 6.07) is 4.80. The van der Waals surface area contributed by atoms with Crippen molar-refractivity contribution in [3.8, 4) is 5.75 Å². The standard InChI is InChI=1S/C12H10BrF3O4/c13-9-3-1-2-8(4-5-10(17)18)11(9)20-7-19-6-12(14,15)16/h1-5H,6-7H2,(H,17,18)/b5-4+. The fourth-order valence-electron chi connectivity index (χ4n) is 1.23. The summed E-state index contributed by atoms with van der Waals surface area (Å²) in [7, 11) is 0. The summed E-state index contributed by atoms with van der Waals surface area (Å²) in [6.45, 7) is -2.02. The van der Waals surface area contributed by atoms with Gasteiger partial charge in [-0.2, -0.15) is 13.2 Å². The van der Waals surface area contributed by atoms with E-state index in [1.807, 2.05) is 0 Å². The predicted octanol–water partition coefficient (Wildman–Crippen LogP) is 3.46. The predicted molar refractivity (Wildman–Crippen MR) is 68.3 cm³/mol. The molecule has 0 amide bonds. The number of hydrogen-bond donors (Lipinski definition) is 1. The van der Waals surface area contributed by atoms with E-state index >= 15 is 0 Å². The molecule has 0 atom stereocenters. The zero-order valence-electron chi connectivity index (χ0n) is 9.98. The van der Waals surface area contributed by atoms with Gasteiger partial charge in [0.2, 0.25) is 0 Å². The summed E-state index contributed by atoms with van der Waals surface area (Å²) in [5, 5.41) is 8.55. The van der Waals surface area contributed by atoms with E-state index in [2.05, 4.69) is 20.7 Å². The van der Waals surface area contributed by atoms with Gasteiger partial charge in [-0.05, 0) is 28.1 Å². The Bertz CT molecular complexity index is 500. The van der Waals surface area contributed by atoms with Gasteiger partial charge in [0.15, 0.2) is 6.79 Å². The largest absolute Gasteiger partial charge is 0.478 e. The van der Waals surface area contributed by atoms with E-state index in [-0.39, 0.29) is 5.75 Å². The van der Waals surface area contributed by atoms with Gasteiger partial charge in [-0.1, -0.05) is 12.1 Å². The van der Waals surface area contributed by atoms with Crippen molar-refractivity contribution in [1.29, 1.82) is 0 Å². The lowest BCUT2D eigenvalue weighted by atomic mass is 10.2. The number of carboxylic acids is 1. The van der Waals surface area contributed by atoms with Crippen molar-refractivity contribution in [2.24, 2.45) is 0 Å². The molecule has 0 unspecified atom stereocenters. The zero-order chi connectivity index (χ0) is 15.2. The minimum absolute atomic E-state index is 0.201. The molecule has 0 aromatic heterocycles. The van der Waals surface area contributed by atoms with Crippen molar-refractivity contribution >= 4 is 28.0 Å². The molecule has 0 spiro atoms. The van der Waals surface area contributed by atoms with Crippen LogP contribution in [0, 0.1) is 0 Å². The molecule has 1 rings (SSSR count). The Labute approximate surface area is 120 Å². The number of ether oxygens (including phenoxy) is 2. The Morgan fingerprint density at radius 3 is 2.70 bits per heavy atom. The van der Waals surface area contributed by atoms with Crippen LogP contribution < -0.4 is 4.74 Å². The number of benzene rings is 1. The Hall–Kier alpha value is -1.54. The second kappa shape index (κ2) is 7.30. The maximum absolute atomic E-state index is 11.9. The topological polar surface area (TPSA) is 55.8 Å². The molecule has 0 radical (unpaired) electrons. The van der Waals surface area contributed by atoms with Crippen LogP contribution in [0.25, 0.3) is 6.08 Å². The molecule has 0 aliphatic rings. The molecule has 1 aromatic carbocycles. The van der Waals surface area contributed by atoms with Crippen molar-refractivity contribution in [1.82, 2.24) is 0 Å². The minimum Gasteiger partial charge on any atom is -0.478 e. The highest BCUT2D eigenvalue weighted by Gasteiger charge is 2.27. The summed E-state index contributed by atoms with van der Waals surface area (Å²) in [4.78, 5) is 10.5. The molecule has 1 N–H and O–H groups in total. The van der Waals surface area contributed by atoms with Crippen molar-refractivity contribution in [2.45, 2.75) is 6.18 Å². The lowest BCUT2D eigenvalue weighted by molar-refractivity contribution is -0.186. The third kappa shape index (κ3) is 6.07. The quantitative estimate of drug-likeness (QED) is 0.482. The lowest BCUT2D eigenvalue weighted by Gasteiger charge is -2.12. The van der Waals surface area contributed by atoms with E-state index in [0.29, 0.717) is 10.0 Å². The molecule has 0 aliphatic carbocycles. The molecule has 20 heavy (non-hydrogen) atoms. The molecule has 0 heterocycles. The van der Waals surface area contributed by atoms with Gasteiger partial charge >= 0.3 is 12.1 Å². The van der Waals surface area contributed by atoms with Crippen molar-refractivity contribution in [3.05, 3.63) is 34.3 Å². The number of para-hydroxylation sites is 1. The summed E-state index contributed by atoms with van der Waals surface area (Å²) >= 11 is 3.16. The number of alkyl halides is 3. The summed E-state index contributed by atoms with van der Waals surface area (Å²) in [6.07, 6.45) is -2.26. The van der Waals surface area contributed by atoms with Crippen LogP contribution in [0.15, 0.2) is 28.7 Å². The number of halogens is 4. The maximum Gasteiger partial charge on any atom is 0.411 e. The van der Waals surface area contributed by atoms with Crippen LogP contribution in [0.1, 0.15) is 5.56 Å². The van der Waals surface area contributed by atoms with Crippen LogP contribution in [0.4, 0.5) is 13.2 Å². The molecule has 8 heteroatoms. The van der Waals surface area contributed by atoms with Crippen molar-refractivity contribution < 1.29 is 32.5 Å². The highest BCUT2D eigenvalue weighted by atomic mass is 79.9. The van der Waals surface area contributed by atoms with Gasteiger partial charge in [0.25, 0.3) is 0 Å².